The lowest BCUT2D eigenvalue weighted by molar-refractivity contribution is -0.125. The van der Waals surface area contributed by atoms with Crippen molar-refractivity contribution >= 4 is 17.5 Å². The van der Waals surface area contributed by atoms with Crippen LogP contribution in [-0.4, -0.2) is 32.1 Å². The largest absolute Gasteiger partial charge is 0.497 e. The van der Waals surface area contributed by atoms with E-state index in [-0.39, 0.29) is 23.7 Å². The molecule has 0 saturated heterocycles. The van der Waals surface area contributed by atoms with Crippen molar-refractivity contribution in [3.8, 4) is 11.5 Å². The zero-order valence-electron chi connectivity index (χ0n) is 15.5. The molecule has 0 spiro atoms. The Bertz CT molecular complexity index is 787. The molecule has 1 saturated carbocycles. The van der Waals surface area contributed by atoms with Gasteiger partial charge in [0, 0.05) is 5.69 Å². The predicted octanol–water partition coefficient (Wildman–Crippen LogP) is 2.77. The standard InChI is InChI=1S/C21H24N2O4/c1-14-3-5-15(6-4-14)23-21(25)19-13-18(19)20(24)22-11-12-27-17-9-7-16(26-2)8-10-17/h3-10,18-19H,11-13H2,1-2H3,(H,22,24)(H,23,25). The number of aryl methyl sites for hydroxylation is 1. The summed E-state index contributed by atoms with van der Waals surface area (Å²) < 4.78 is 10.7. The van der Waals surface area contributed by atoms with Crippen molar-refractivity contribution in [2.45, 2.75) is 13.3 Å². The number of methoxy groups -OCH3 is 1. The first-order valence-electron chi connectivity index (χ1n) is 8.99. The lowest BCUT2D eigenvalue weighted by Crippen LogP contribution is -2.31. The summed E-state index contributed by atoms with van der Waals surface area (Å²) in [5.74, 6) is 0.766. The van der Waals surface area contributed by atoms with Crippen molar-refractivity contribution in [3.05, 3.63) is 54.1 Å². The van der Waals surface area contributed by atoms with E-state index in [0.29, 0.717) is 25.3 Å². The van der Waals surface area contributed by atoms with E-state index in [1.54, 1.807) is 7.11 Å². The molecule has 142 valence electrons. The summed E-state index contributed by atoms with van der Waals surface area (Å²) in [6.45, 7) is 2.75. The lowest BCUT2D eigenvalue weighted by atomic mass is 10.2. The van der Waals surface area contributed by atoms with Gasteiger partial charge in [-0.3, -0.25) is 9.59 Å². The Hall–Kier alpha value is -3.02. The van der Waals surface area contributed by atoms with Gasteiger partial charge in [0.05, 0.1) is 25.5 Å². The number of carbonyl (C=O) groups is 2. The van der Waals surface area contributed by atoms with Gasteiger partial charge in [0.15, 0.2) is 0 Å². The third-order valence-electron chi connectivity index (χ3n) is 4.51. The lowest BCUT2D eigenvalue weighted by Gasteiger charge is -2.08. The van der Waals surface area contributed by atoms with Crippen molar-refractivity contribution in [2.75, 3.05) is 25.6 Å². The van der Waals surface area contributed by atoms with Gasteiger partial charge in [-0.1, -0.05) is 17.7 Å². The van der Waals surface area contributed by atoms with E-state index in [1.807, 2.05) is 55.5 Å². The minimum absolute atomic E-state index is 0.0996. The molecule has 0 bridgehead atoms. The maximum Gasteiger partial charge on any atom is 0.228 e. The first-order valence-corrected chi connectivity index (χ1v) is 8.99. The number of amides is 2. The molecule has 1 fully saturated rings. The Morgan fingerprint density at radius 3 is 2.26 bits per heavy atom. The number of carbonyl (C=O) groups excluding carboxylic acids is 2. The topological polar surface area (TPSA) is 76.7 Å². The molecule has 0 radical (unpaired) electrons. The van der Waals surface area contributed by atoms with E-state index in [0.717, 1.165) is 17.0 Å². The highest BCUT2D eigenvalue weighted by Gasteiger charge is 2.47. The van der Waals surface area contributed by atoms with Crippen LogP contribution in [0.15, 0.2) is 48.5 Å². The van der Waals surface area contributed by atoms with Gasteiger partial charge in [-0.15, -0.1) is 0 Å². The minimum atomic E-state index is -0.256. The fourth-order valence-corrected chi connectivity index (χ4v) is 2.79. The smallest absolute Gasteiger partial charge is 0.228 e. The van der Waals surface area contributed by atoms with Crippen LogP contribution < -0.4 is 20.1 Å². The quantitative estimate of drug-likeness (QED) is 0.703. The molecule has 1 aliphatic carbocycles. The molecule has 1 aliphatic rings. The van der Waals surface area contributed by atoms with E-state index in [1.165, 1.54) is 0 Å². The second-order valence-corrected chi connectivity index (χ2v) is 6.62. The van der Waals surface area contributed by atoms with Gasteiger partial charge in [-0.05, 0) is 49.7 Å². The molecule has 6 nitrogen and oxygen atoms in total. The molecule has 2 aromatic rings. The van der Waals surface area contributed by atoms with Crippen LogP contribution >= 0.6 is 0 Å². The Kier molecular flexibility index (Phi) is 5.96. The second kappa shape index (κ2) is 8.58. The van der Waals surface area contributed by atoms with Crippen LogP contribution in [0.4, 0.5) is 5.69 Å². The van der Waals surface area contributed by atoms with Crippen molar-refractivity contribution in [1.29, 1.82) is 0 Å². The van der Waals surface area contributed by atoms with Gasteiger partial charge in [0.25, 0.3) is 0 Å². The van der Waals surface area contributed by atoms with Crippen molar-refractivity contribution in [1.82, 2.24) is 5.32 Å². The van der Waals surface area contributed by atoms with Gasteiger partial charge in [-0.2, -0.15) is 0 Å². The molecule has 27 heavy (non-hydrogen) atoms. The maximum absolute atomic E-state index is 12.2. The van der Waals surface area contributed by atoms with Crippen LogP contribution in [0.5, 0.6) is 11.5 Å². The number of rotatable bonds is 8. The van der Waals surface area contributed by atoms with Crippen molar-refractivity contribution in [2.24, 2.45) is 11.8 Å². The van der Waals surface area contributed by atoms with E-state index < -0.39 is 0 Å². The SMILES string of the molecule is COc1ccc(OCCNC(=O)C2CC2C(=O)Nc2ccc(C)cc2)cc1. The predicted molar refractivity (Wildman–Crippen MR) is 103 cm³/mol. The Labute approximate surface area is 158 Å². The molecule has 0 aliphatic heterocycles. The molecule has 2 aromatic carbocycles. The van der Waals surface area contributed by atoms with Crippen molar-refractivity contribution in [3.63, 3.8) is 0 Å². The Morgan fingerprint density at radius 1 is 0.963 bits per heavy atom. The third-order valence-corrected chi connectivity index (χ3v) is 4.51. The van der Waals surface area contributed by atoms with E-state index in [9.17, 15) is 9.59 Å². The highest BCUT2D eigenvalue weighted by molar-refractivity contribution is 5.99. The summed E-state index contributed by atoms with van der Waals surface area (Å²) in [5.41, 5.74) is 1.89. The summed E-state index contributed by atoms with van der Waals surface area (Å²) in [5, 5.41) is 5.69. The molecule has 2 atom stereocenters. The minimum Gasteiger partial charge on any atom is -0.497 e. The van der Waals surface area contributed by atoms with Crippen LogP contribution in [0.1, 0.15) is 12.0 Å². The summed E-state index contributed by atoms with van der Waals surface area (Å²) in [4.78, 5) is 24.4. The summed E-state index contributed by atoms with van der Waals surface area (Å²) in [6, 6.07) is 14.9. The second-order valence-electron chi connectivity index (χ2n) is 6.62. The van der Waals surface area contributed by atoms with Crippen molar-refractivity contribution < 1.29 is 19.1 Å². The average Bonchev–Trinajstić information content (AvgIpc) is 3.48. The number of ether oxygens (including phenoxy) is 2. The fraction of sp³-hybridized carbons (Fsp3) is 0.333. The first-order chi connectivity index (χ1) is 13.1. The monoisotopic (exact) mass is 368 g/mol. The summed E-state index contributed by atoms with van der Waals surface area (Å²) in [6.07, 6.45) is 0.586. The third kappa shape index (κ3) is 5.23. The number of hydrogen-bond acceptors (Lipinski definition) is 4. The molecule has 0 heterocycles. The Morgan fingerprint density at radius 2 is 1.59 bits per heavy atom. The fourth-order valence-electron chi connectivity index (χ4n) is 2.79. The molecule has 2 N–H and O–H groups in total. The van der Waals surface area contributed by atoms with E-state index >= 15 is 0 Å². The van der Waals surface area contributed by atoms with Crippen LogP contribution in [0.2, 0.25) is 0 Å². The highest BCUT2D eigenvalue weighted by Crippen LogP contribution is 2.39. The number of anilines is 1. The molecule has 3 rings (SSSR count). The molecule has 0 aromatic heterocycles. The van der Waals surface area contributed by atoms with Gasteiger partial charge >= 0.3 is 0 Å². The van der Waals surface area contributed by atoms with Crippen LogP contribution in [-0.2, 0) is 9.59 Å². The summed E-state index contributed by atoms with van der Waals surface area (Å²) >= 11 is 0. The molecule has 2 amide bonds. The zero-order chi connectivity index (χ0) is 19.2. The van der Waals surface area contributed by atoms with E-state index in [4.69, 9.17) is 9.47 Å². The van der Waals surface area contributed by atoms with Gasteiger partial charge in [0.1, 0.15) is 18.1 Å². The maximum atomic E-state index is 12.2. The molecule has 2 unspecified atom stereocenters. The molecular weight excluding hydrogens is 344 g/mol. The number of benzene rings is 2. The van der Waals surface area contributed by atoms with E-state index in [2.05, 4.69) is 10.6 Å². The van der Waals surface area contributed by atoms with Gasteiger partial charge < -0.3 is 20.1 Å². The number of hydrogen-bond donors (Lipinski definition) is 2. The van der Waals surface area contributed by atoms with Crippen LogP contribution in [0, 0.1) is 18.8 Å². The number of nitrogens with one attached hydrogen (secondary N) is 2. The van der Waals surface area contributed by atoms with Crippen LogP contribution in [0.25, 0.3) is 0 Å². The molecule has 6 heteroatoms. The normalized spacial score (nSPS) is 17.7. The first kappa shape index (κ1) is 18.8. The highest BCUT2D eigenvalue weighted by atomic mass is 16.5. The van der Waals surface area contributed by atoms with Gasteiger partial charge in [0.2, 0.25) is 11.8 Å². The zero-order valence-corrected chi connectivity index (χ0v) is 15.5. The Balaban J connectivity index is 1.35. The average molecular weight is 368 g/mol. The van der Waals surface area contributed by atoms with Crippen LogP contribution in [0.3, 0.4) is 0 Å². The molecular formula is C21H24N2O4. The van der Waals surface area contributed by atoms with Gasteiger partial charge in [-0.25, -0.2) is 0 Å². The summed E-state index contributed by atoms with van der Waals surface area (Å²) in [7, 11) is 1.61.